The average Bonchev–Trinajstić information content (AvgIpc) is 4.11. The smallest absolute Gasteiger partial charge is 0.159 e. The lowest BCUT2D eigenvalue weighted by Crippen LogP contribution is -2.10. The Morgan fingerprint density at radius 3 is 1.43 bits per heavy atom. The number of hydrogen-bond acceptors (Lipinski definition) is 4. The first-order valence-electron chi connectivity index (χ1n) is 23.1. The van der Waals surface area contributed by atoms with Gasteiger partial charge in [0, 0.05) is 54.8 Å². The molecule has 4 nitrogen and oxygen atoms in total. The molecule has 0 unspecified atom stereocenters. The Kier molecular flexibility index (Phi) is 8.55. The quantitative estimate of drug-likeness (QED) is 0.160. The number of para-hydroxylation sites is 4. The minimum absolute atomic E-state index is 0.838. The van der Waals surface area contributed by atoms with Gasteiger partial charge < -0.3 is 18.2 Å². The Morgan fingerprint density at radius 1 is 0.265 bits per heavy atom. The summed E-state index contributed by atoms with van der Waals surface area (Å²) in [6, 6.07) is 83.9. The van der Waals surface area contributed by atoms with Gasteiger partial charge in [-0.05, 0) is 117 Å². The van der Waals surface area contributed by atoms with Crippen LogP contribution in [0.5, 0.6) is 0 Å². The number of anilines is 3. The van der Waals surface area contributed by atoms with Crippen molar-refractivity contribution in [2.75, 3.05) is 4.90 Å². The van der Waals surface area contributed by atoms with Gasteiger partial charge >= 0.3 is 0 Å². The molecule has 0 aliphatic rings. The number of nitrogens with zero attached hydrogens (tertiary/aromatic N) is 1. The van der Waals surface area contributed by atoms with E-state index in [2.05, 4.69) is 217 Å². The molecule has 0 atom stereocenters. The first-order chi connectivity index (χ1) is 33.7. The number of fused-ring (bicyclic) bond motifs is 10. The van der Waals surface area contributed by atoms with Gasteiger partial charge in [0.1, 0.15) is 27.9 Å². The second-order valence-corrected chi connectivity index (χ2v) is 17.5. The molecule has 0 N–H and O–H groups in total. The number of rotatable bonds is 7. The molecule has 14 rings (SSSR count). The maximum Gasteiger partial charge on any atom is 0.159 e. The third-order valence-electron chi connectivity index (χ3n) is 13.7. The van der Waals surface area contributed by atoms with Crippen LogP contribution in [0, 0.1) is 0 Å². The van der Waals surface area contributed by atoms with Crippen LogP contribution >= 0.6 is 0 Å². The molecular formula is C64H39NO3. The molecule has 0 bridgehead atoms. The van der Waals surface area contributed by atoms with E-state index in [0.717, 1.165) is 122 Å². The van der Waals surface area contributed by atoms with Gasteiger partial charge in [0.2, 0.25) is 0 Å². The Morgan fingerprint density at radius 2 is 0.750 bits per heavy atom. The van der Waals surface area contributed by atoms with Gasteiger partial charge in [0.25, 0.3) is 0 Å². The van der Waals surface area contributed by atoms with Crippen LogP contribution in [0.3, 0.4) is 0 Å². The molecule has 68 heavy (non-hydrogen) atoms. The maximum atomic E-state index is 6.71. The molecule has 0 amide bonds. The Balaban J connectivity index is 1.01. The molecule has 0 radical (unpaired) electrons. The predicted molar refractivity (Wildman–Crippen MR) is 282 cm³/mol. The highest BCUT2D eigenvalue weighted by molar-refractivity contribution is 6.22. The summed E-state index contributed by atoms with van der Waals surface area (Å²) in [4.78, 5) is 2.31. The molecule has 0 aliphatic heterocycles. The monoisotopic (exact) mass is 869 g/mol. The second-order valence-electron chi connectivity index (χ2n) is 17.5. The van der Waals surface area contributed by atoms with Gasteiger partial charge in [-0.25, -0.2) is 0 Å². The highest BCUT2D eigenvalue weighted by atomic mass is 16.3. The van der Waals surface area contributed by atoms with Crippen LogP contribution in [0.4, 0.5) is 17.1 Å². The summed E-state index contributed by atoms with van der Waals surface area (Å²) in [7, 11) is 0. The summed E-state index contributed by atoms with van der Waals surface area (Å²) >= 11 is 0. The fourth-order valence-electron chi connectivity index (χ4n) is 10.7. The summed E-state index contributed by atoms with van der Waals surface area (Å²) in [6.45, 7) is 0. The zero-order chi connectivity index (χ0) is 44.7. The molecule has 318 valence electrons. The SMILES string of the molecule is c1ccc(-c2ccc(N(c3ccc(-c4c(-c5ccc6oc7ccccc7c6c5-c5cccc6ccccc56)ccc5oc6ccccc6c45)cc3)c3cccc4c3oc3ccccc34)cc2)cc1. The molecule has 0 aliphatic carbocycles. The molecule has 0 spiro atoms. The topological polar surface area (TPSA) is 42.7 Å². The molecule has 0 saturated carbocycles. The van der Waals surface area contributed by atoms with Gasteiger partial charge in [0.15, 0.2) is 5.58 Å². The van der Waals surface area contributed by atoms with Crippen LogP contribution in [0.2, 0.25) is 0 Å². The van der Waals surface area contributed by atoms with Crippen LogP contribution in [-0.2, 0) is 0 Å². The van der Waals surface area contributed by atoms with E-state index in [1.807, 2.05) is 24.3 Å². The van der Waals surface area contributed by atoms with Crippen molar-refractivity contribution in [3.05, 3.63) is 237 Å². The highest BCUT2D eigenvalue weighted by Crippen LogP contribution is 2.50. The van der Waals surface area contributed by atoms with Crippen LogP contribution in [0.15, 0.2) is 250 Å². The standard InChI is InChI=1S/C64H39NO3/c1-2-14-40(15-3-1)41-28-32-44(33-29-41)65(54-24-13-23-51-47-19-6-9-25-55(47)68-64(51)54)45-34-30-43(31-35-45)60-49(36-38-58-62(60)52-20-7-10-26-56(52)66-58)50-37-39-59-63(53-21-8-11-27-57(53)67-59)61(50)48-22-12-17-42-16-4-5-18-46(42)48/h1-39H. The van der Waals surface area contributed by atoms with Gasteiger partial charge in [-0.2, -0.15) is 0 Å². The second kappa shape index (κ2) is 15.2. The van der Waals surface area contributed by atoms with E-state index in [-0.39, 0.29) is 0 Å². The van der Waals surface area contributed by atoms with Crippen molar-refractivity contribution in [2.24, 2.45) is 0 Å². The fourth-order valence-corrected chi connectivity index (χ4v) is 10.7. The van der Waals surface area contributed by atoms with Crippen molar-refractivity contribution in [3.8, 4) is 44.5 Å². The van der Waals surface area contributed by atoms with E-state index >= 15 is 0 Å². The largest absolute Gasteiger partial charge is 0.456 e. The van der Waals surface area contributed by atoms with Crippen molar-refractivity contribution in [2.45, 2.75) is 0 Å². The van der Waals surface area contributed by atoms with E-state index in [1.54, 1.807) is 0 Å². The molecule has 14 aromatic rings. The summed E-state index contributed by atoms with van der Waals surface area (Å²) < 4.78 is 20.0. The van der Waals surface area contributed by atoms with Crippen LogP contribution in [-0.4, -0.2) is 0 Å². The number of furan rings is 3. The zero-order valence-corrected chi connectivity index (χ0v) is 36.7. The van der Waals surface area contributed by atoms with Crippen molar-refractivity contribution in [1.29, 1.82) is 0 Å². The van der Waals surface area contributed by atoms with Crippen molar-refractivity contribution in [3.63, 3.8) is 0 Å². The van der Waals surface area contributed by atoms with E-state index < -0.39 is 0 Å². The molecule has 4 heteroatoms. The minimum Gasteiger partial charge on any atom is -0.456 e. The van der Waals surface area contributed by atoms with Crippen molar-refractivity contribution < 1.29 is 13.3 Å². The normalized spacial score (nSPS) is 11.8. The third kappa shape index (κ3) is 5.94. The summed E-state index contributed by atoms with van der Waals surface area (Å²) in [5.41, 5.74) is 17.1. The molecule has 0 saturated heterocycles. The van der Waals surface area contributed by atoms with Gasteiger partial charge in [-0.1, -0.05) is 164 Å². The summed E-state index contributed by atoms with van der Waals surface area (Å²) in [6.07, 6.45) is 0. The average molecular weight is 870 g/mol. The Labute approximate surface area is 391 Å². The molecule has 11 aromatic carbocycles. The summed E-state index contributed by atoms with van der Waals surface area (Å²) in [5, 5.41) is 8.88. The predicted octanol–water partition coefficient (Wildman–Crippen LogP) is 18.7. The van der Waals surface area contributed by atoms with E-state index in [4.69, 9.17) is 13.3 Å². The van der Waals surface area contributed by atoms with Crippen molar-refractivity contribution in [1.82, 2.24) is 0 Å². The van der Waals surface area contributed by atoms with Crippen LogP contribution in [0.1, 0.15) is 0 Å². The number of benzene rings is 11. The minimum atomic E-state index is 0.838. The summed E-state index contributed by atoms with van der Waals surface area (Å²) in [5.74, 6) is 0. The Bertz CT molecular complexity index is 4250. The van der Waals surface area contributed by atoms with Crippen molar-refractivity contribution >= 4 is 93.7 Å². The van der Waals surface area contributed by atoms with E-state index in [1.165, 1.54) is 16.3 Å². The van der Waals surface area contributed by atoms with E-state index in [9.17, 15) is 0 Å². The van der Waals surface area contributed by atoms with E-state index in [0.29, 0.717) is 0 Å². The lowest BCUT2D eigenvalue weighted by atomic mass is 9.84. The van der Waals surface area contributed by atoms with Gasteiger partial charge in [0.05, 0.1) is 5.69 Å². The Hall–Kier alpha value is -9.12. The molecule has 3 heterocycles. The maximum absolute atomic E-state index is 6.71. The molecular weight excluding hydrogens is 831 g/mol. The number of hydrogen-bond donors (Lipinski definition) is 0. The van der Waals surface area contributed by atoms with Gasteiger partial charge in [-0.15, -0.1) is 0 Å². The van der Waals surface area contributed by atoms with Crippen LogP contribution in [0.25, 0.3) is 121 Å². The highest BCUT2D eigenvalue weighted by Gasteiger charge is 2.25. The van der Waals surface area contributed by atoms with Crippen LogP contribution < -0.4 is 4.90 Å². The third-order valence-corrected chi connectivity index (χ3v) is 13.7. The zero-order valence-electron chi connectivity index (χ0n) is 36.7. The molecule has 0 fully saturated rings. The van der Waals surface area contributed by atoms with Gasteiger partial charge in [-0.3, -0.25) is 0 Å². The molecule has 3 aromatic heterocycles. The lowest BCUT2D eigenvalue weighted by Gasteiger charge is -2.26. The fraction of sp³-hybridized carbons (Fsp3) is 0. The lowest BCUT2D eigenvalue weighted by molar-refractivity contribution is 0.668. The first kappa shape index (κ1) is 38.2. The first-order valence-corrected chi connectivity index (χ1v) is 23.1.